The predicted octanol–water partition coefficient (Wildman–Crippen LogP) is 5.29. The molecule has 1 fully saturated rings. The van der Waals surface area contributed by atoms with Crippen LogP contribution in [0.25, 0.3) is 11.4 Å². The van der Waals surface area contributed by atoms with Gasteiger partial charge in [-0.3, -0.25) is 0 Å². The second kappa shape index (κ2) is 7.98. The summed E-state index contributed by atoms with van der Waals surface area (Å²) >= 11 is 5.80. The Bertz CT molecular complexity index is 979. The van der Waals surface area contributed by atoms with Crippen molar-refractivity contribution < 1.29 is 13.7 Å². The summed E-state index contributed by atoms with van der Waals surface area (Å²) < 4.78 is 18.8. The van der Waals surface area contributed by atoms with E-state index in [0.29, 0.717) is 23.9 Å². The molecule has 2 aromatic carbocycles. The van der Waals surface area contributed by atoms with Gasteiger partial charge in [-0.25, -0.2) is 9.18 Å². The fourth-order valence-electron chi connectivity index (χ4n) is 3.28. The highest BCUT2D eigenvalue weighted by Gasteiger charge is 2.32. The van der Waals surface area contributed by atoms with Crippen molar-refractivity contribution in [2.24, 2.45) is 0 Å². The Morgan fingerprint density at radius 2 is 2.04 bits per heavy atom. The lowest BCUT2D eigenvalue weighted by Crippen LogP contribution is -2.41. The quantitative estimate of drug-likeness (QED) is 0.648. The van der Waals surface area contributed by atoms with Crippen LogP contribution in [0.1, 0.15) is 31.2 Å². The van der Waals surface area contributed by atoms with Gasteiger partial charge in [0.05, 0.1) is 5.02 Å². The number of amides is 2. The molecule has 0 aliphatic carbocycles. The molecule has 0 bridgehead atoms. The van der Waals surface area contributed by atoms with Crippen LogP contribution in [-0.4, -0.2) is 27.6 Å². The minimum atomic E-state index is -0.533. The second-order valence-electron chi connectivity index (χ2n) is 6.59. The Kier molecular flexibility index (Phi) is 5.25. The summed E-state index contributed by atoms with van der Waals surface area (Å²) in [7, 11) is 0. The number of piperidine rings is 1. The lowest BCUT2D eigenvalue weighted by molar-refractivity contribution is 0.142. The number of hydrogen-bond acceptors (Lipinski definition) is 4. The van der Waals surface area contributed by atoms with E-state index in [1.165, 1.54) is 18.2 Å². The van der Waals surface area contributed by atoms with E-state index in [-0.39, 0.29) is 17.1 Å². The van der Waals surface area contributed by atoms with Gasteiger partial charge in [0.15, 0.2) is 0 Å². The summed E-state index contributed by atoms with van der Waals surface area (Å²) in [5.41, 5.74) is 1.28. The maximum absolute atomic E-state index is 13.3. The van der Waals surface area contributed by atoms with Crippen LogP contribution in [0.3, 0.4) is 0 Å². The highest BCUT2D eigenvalue weighted by Crippen LogP contribution is 2.32. The van der Waals surface area contributed by atoms with Crippen molar-refractivity contribution >= 4 is 23.3 Å². The van der Waals surface area contributed by atoms with E-state index in [1.54, 1.807) is 4.90 Å². The number of anilines is 1. The fourth-order valence-corrected chi connectivity index (χ4v) is 3.46. The number of urea groups is 1. The van der Waals surface area contributed by atoms with Gasteiger partial charge >= 0.3 is 6.03 Å². The normalized spacial score (nSPS) is 16.8. The number of rotatable bonds is 3. The summed E-state index contributed by atoms with van der Waals surface area (Å²) in [6, 6.07) is 13.0. The molecule has 1 aromatic heterocycles. The third kappa shape index (κ3) is 3.84. The van der Waals surface area contributed by atoms with E-state index in [0.717, 1.165) is 24.8 Å². The Morgan fingerprint density at radius 1 is 1.21 bits per heavy atom. The molecule has 0 saturated carbocycles. The molecule has 0 spiro atoms. The van der Waals surface area contributed by atoms with Crippen molar-refractivity contribution in [3.63, 3.8) is 0 Å². The topological polar surface area (TPSA) is 71.3 Å². The van der Waals surface area contributed by atoms with E-state index < -0.39 is 5.82 Å². The van der Waals surface area contributed by atoms with E-state index >= 15 is 0 Å². The summed E-state index contributed by atoms with van der Waals surface area (Å²) in [4.78, 5) is 19.0. The number of likely N-dealkylation sites (tertiary alicyclic amines) is 1. The molecule has 2 amide bonds. The van der Waals surface area contributed by atoms with Crippen molar-refractivity contribution in [1.82, 2.24) is 15.0 Å². The number of nitrogens with zero attached hydrogens (tertiary/aromatic N) is 3. The highest BCUT2D eigenvalue weighted by atomic mass is 35.5. The number of halogens is 2. The molecule has 2 heterocycles. The zero-order valence-corrected chi connectivity index (χ0v) is 15.7. The van der Waals surface area contributed by atoms with E-state index in [9.17, 15) is 9.18 Å². The van der Waals surface area contributed by atoms with Crippen molar-refractivity contribution in [2.45, 2.75) is 25.3 Å². The van der Waals surface area contributed by atoms with Crippen molar-refractivity contribution in [2.75, 3.05) is 11.9 Å². The SMILES string of the molecule is O=C(Nc1ccc(F)c(Cl)c1)N1CCCC[C@H]1c1nc(-c2ccccc2)no1. The first kappa shape index (κ1) is 18.4. The second-order valence-corrected chi connectivity index (χ2v) is 6.99. The maximum atomic E-state index is 13.3. The molecule has 4 rings (SSSR count). The standard InChI is InChI=1S/C20H18ClFN4O2/c21-15-12-14(9-10-16(15)22)23-20(27)26-11-5-4-8-17(26)19-24-18(25-28-19)13-6-2-1-3-7-13/h1-3,6-7,9-10,12,17H,4-5,8,11H2,(H,23,27)/t17-/m0/s1. The highest BCUT2D eigenvalue weighted by molar-refractivity contribution is 6.31. The summed E-state index contributed by atoms with van der Waals surface area (Å²) in [6.45, 7) is 0.564. The van der Waals surface area contributed by atoms with Crippen LogP contribution in [0.15, 0.2) is 53.1 Å². The van der Waals surface area contributed by atoms with Crippen LogP contribution >= 0.6 is 11.6 Å². The molecular weight excluding hydrogens is 383 g/mol. The van der Waals surface area contributed by atoms with Gasteiger partial charge in [0.25, 0.3) is 0 Å². The number of carbonyl (C=O) groups excluding carboxylic acids is 1. The predicted molar refractivity (Wildman–Crippen MR) is 103 cm³/mol. The van der Waals surface area contributed by atoms with Crippen LogP contribution in [0.4, 0.5) is 14.9 Å². The third-order valence-electron chi connectivity index (χ3n) is 4.69. The van der Waals surface area contributed by atoms with Crippen molar-refractivity contribution in [3.8, 4) is 11.4 Å². The largest absolute Gasteiger partial charge is 0.337 e. The molecule has 1 aliphatic heterocycles. The van der Waals surface area contributed by atoms with Gasteiger partial charge < -0.3 is 14.7 Å². The average Bonchev–Trinajstić information content (AvgIpc) is 3.21. The Balaban J connectivity index is 1.53. The summed E-state index contributed by atoms with van der Waals surface area (Å²) in [5, 5.41) is 6.78. The zero-order chi connectivity index (χ0) is 19.5. The van der Waals surface area contributed by atoms with Gasteiger partial charge in [-0.15, -0.1) is 0 Å². The molecule has 3 aromatic rings. The van der Waals surface area contributed by atoms with E-state index in [4.69, 9.17) is 16.1 Å². The molecule has 0 radical (unpaired) electrons. The third-order valence-corrected chi connectivity index (χ3v) is 4.98. The van der Waals surface area contributed by atoms with Gasteiger partial charge in [-0.1, -0.05) is 47.1 Å². The average molecular weight is 401 g/mol. The molecule has 6 nitrogen and oxygen atoms in total. The molecule has 0 unspecified atom stereocenters. The Hall–Kier alpha value is -2.93. The van der Waals surface area contributed by atoms with Crippen LogP contribution in [0.2, 0.25) is 5.02 Å². The minimum Gasteiger partial charge on any atom is -0.337 e. The van der Waals surface area contributed by atoms with E-state index in [2.05, 4.69) is 15.5 Å². The van der Waals surface area contributed by atoms with E-state index in [1.807, 2.05) is 30.3 Å². The minimum absolute atomic E-state index is 0.0441. The first-order chi connectivity index (χ1) is 13.6. The zero-order valence-electron chi connectivity index (χ0n) is 14.9. The molecule has 28 heavy (non-hydrogen) atoms. The number of hydrogen-bond donors (Lipinski definition) is 1. The lowest BCUT2D eigenvalue weighted by Gasteiger charge is -2.33. The van der Waals surface area contributed by atoms with Crippen molar-refractivity contribution in [1.29, 1.82) is 0 Å². The molecule has 1 saturated heterocycles. The van der Waals surface area contributed by atoms with Crippen LogP contribution in [-0.2, 0) is 0 Å². The summed E-state index contributed by atoms with van der Waals surface area (Å²) in [5.74, 6) is 0.368. The molecule has 1 aliphatic rings. The van der Waals surface area contributed by atoms with Crippen LogP contribution in [0.5, 0.6) is 0 Å². The van der Waals surface area contributed by atoms with Gasteiger partial charge in [0.2, 0.25) is 11.7 Å². The van der Waals surface area contributed by atoms with Crippen LogP contribution in [0, 0.1) is 5.82 Å². The van der Waals surface area contributed by atoms with Gasteiger partial charge in [0, 0.05) is 17.8 Å². The molecule has 1 N–H and O–H groups in total. The molecule has 1 atom stereocenters. The Morgan fingerprint density at radius 3 is 2.82 bits per heavy atom. The molecule has 144 valence electrons. The fraction of sp³-hybridized carbons (Fsp3) is 0.250. The summed E-state index contributed by atoms with van der Waals surface area (Å²) in [6.07, 6.45) is 2.57. The van der Waals surface area contributed by atoms with Crippen molar-refractivity contribution in [3.05, 3.63) is 65.3 Å². The maximum Gasteiger partial charge on any atom is 0.322 e. The number of aromatic nitrogens is 2. The first-order valence-electron chi connectivity index (χ1n) is 9.03. The van der Waals surface area contributed by atoms with Gasteiger partial charge in [-0.05, 0) is 37.5 Å². The number of carbonyl (C=O) groups is 1. The van der Waals surface area contributed by atoms with Gasteiger partial charge in [-0.2, -0.15) is 4.98 Å². The smallest absolute Gasteiger partial charge is 0.322 e. The molecule has 8 heteroatoms. The molecular formula is C20H18ClFN4O2. The monoisotopic (exact) mass is 400 g/mol. The number of nitrogens with one attached hydrogen (secondary N) is 1. The number of benzene rings is 2. The first-order valence-corrected chi connectivity index (χ1v) is 9.41. The Labute approximate surface area is 166 Å². The van der Waals surface area contributed by atoms with Gasteiger partial charge in [0.1, 0.15) is 11.9 Å². The van der Waals surface area contributed by atoms with Crippen LogP contribution < -0.4 is 5.32 Å². The lowest BCUT2D eigenvalue weighted by atomic mass is 10.0.